The van der Waals surface area contributed by atoms with Gasteiger partial charge in [-0.25, -0.2) is 4.98 Å². The lowest BCUT2D eigenvalue weighted by Crippen LogP contribution is -2.18. The Labute approximate surface area is 253 Å². The predicted octanol–water partition coefficient (Wildman–Crippen LogP) is 9.45. The number of halogens is 1. The summed E-state index contributed by atoms with van der Waals surface area (Å²) in [6.45, 7) is 5.42. The number of thioether (sulfide) groups is 1. The van der Waals surface area contributed by atoms with Crippen molar-refractivity contribution in [2.45, 2.75) is 63.7 Å². The Kier molecular flexibility index (Phi) is 9.03. The standard InChI is InChI=1S/C36H38ClNO2S/c1-25(39)23-36(19-20-36)24-41-34(18-14-27-8-4-5-10-32(27)35(2,3)40)29-9-6-7-26(21-29)11-16-31-17-13-28-12-15-30(37)22-33(28)38-31/h4-13,15-17,21-22,34,40H,14,18-20,23-24H2,1-3H3/t34-/m1/s1. The maximum absolute atomic E-state index is 11.9. The maximum atomic E-state index is 11.9. The smallest absolute Gasteiger partial charge is 0.130 e. The van der Waals surface area contributed by atoms with Gasteiger partial charge in [0.2, 0.25) is 0 Å². The fourth-order valence-electron chi connectivity index (χ4n) is 5.57. The van der Waals surface area contributed by atoms with Crippen LogP contribution in [0.3, 0.4) is 0 Å². The summed E-state index contributed by atoms with van der Waals surface area (Å²) < 4.78 is 0. The van der Waals surface area contributed by atoms with Crippen LogP contribution < -0.4 is 0 Å². The lowest BCUT2D eigenvalue weighted by Gasteiger charge is -2.24. The van der Waals surface area contributed by atoms with E-state index in [2.05, 4.69) is 48.5 Å². The van der Waals surface area contributed by atoms with Crippen LogP contribution in [0.25, 0.3) is 23.1 Å². The molecule has 5 rings (SSSR count). The first kappa shape index (κ1) is 29.6. The minimum absolute atomic E-state index is 0.169. The number of rotatable bonds is 12. The molecule has 0 radical (unpaired) electrons. The van der Waals surface area contributed by atoms with Gasteiger partial charge in [-0.3, -0.25) is 0 Å². The Morgan fingerprint density at radius 2 is 1.83 bits per heavy atom. The lowest BCUT2D eigenvalue weighted by molar-refractivity contribution is -0.117. The van der Waals surface area contributed by atoms with Crippen molar-refractivity contribution in [2.75, 3.05) is 5.75 Å². The molecule has 5 heteroatoms. The van der Waals surface area contributed by atoms with E-state index in [9.17, 15) is 9.90 Å². The highest BCUT2D eigenvalue weighted by molar-refractivity contribution is 7.99. The number of carbonyl (C=O) groups is 1. The molecule has 0 unspecified atom stereocenters. The van der Waals surface area contributed by atoms with E-state index >= 15 is 0 Å². The molecule has 1 heterocycles. The Hall–Kier alpha value is -2.92. The highest BCUT2D eigenvalue weighted by Crippen LogP contribution is 2.53. The molecule has 0 spiro atoms. The zero-order chi connectivity index (χ0) is 29.0. The second-order valence-electron chi connectivity index (χ2n) is 12.0. The molecular weight excluding hydrogens is 546 g/mol. The van der Waals surface area contributed by atoms with E-state index in [1.165, 1.54) is 11.1 Å². The lowest BCUT2D eigenvalue weighted by atomic mass is 9.90. The highest BCUT2D eigenvalue weighted by Gasteiger charge is 2.43. The van der Waals surface area contributed by atoms with Crippen molar-refractivity contribution >= 4 is 52.2 Å². The molecule has 41 heavy (non-hydrogen) atoms. The molecule has 1 saturated carbocycles. The van der Waals surface area contributed by atoms with Crippen LogP contribution in [0.15, 0.2) is 78.9 Å². The summed E-state index contributed by atoms with van der Waals surface area (Å²) in [5.41, 5.74) is 5.65. The summed E-state index contributed by atoms with van der Waals surface area (Å²) in [6.07, 6.45) is 8.95. The third-order valence-electron chi connectivity index (χ3n) is 7.93. The van der Waals surface area contributed by atoms with Crippen molar-refractivity contribution < 1.29 is 9.90 Å². The number of ketones is 1. The monoisotopic (exact) mass is 583 g/mol. The van der Waals surface area contributed by atoms with E-state index in [0.717, 1.165) is 59.2 Å². The first-order valence-corrected chi connectivity index (χ1v) is 15.8. The molecule has 4 aromatic rings. The summed E-state index contributed by atoms with van der Waals surface area (Å²) in [5, 5.41) is 12.8. The van der Waals surface area contributed by atoms with Crippen LogP contribution in [0.5, 0.6) is 0 Å². The summed E-state index contributed by atoms with van der Waals surface area (Å²) >= 11 is 8.16. The van der Waals surface area contributed by atoms with Gasteiger partial charge < -0.3 is 9.90 Å². The molecular formula is C36H38ClNO2S. The minimum atomic E-state index is -0.883. The van der Waals surface area contributed by atoms with Gasteiger partial charge in [0.1, 0.15) is 5.78 Å². The van der Waals surface area contributed by atoms with Crippen molar-refractivity contribution in [3.63, 3.8) is 0 Å². The second-order valence-corrected chi connectivity index (χ2v) is 13.6. The molecule has 3 aromatic carbocycles. The Balaban J connectivity index is 1.37. The Morgan fingerprint density at radius 3 is 2.59 bits per heavy atom. The molecule has 1 aliphatic carbocycles. The van der Waals surface area contributed by atoms with E-state index in [4.69, 9.17) is 16.6 Å². The van der Waals surface area contributed by atoms with Crippen molar-refractivity contribution in [3.05, 3.63) is 112 Å². The number of nitrogens with zero attached hydrogens (tertiary/aromatic N) is 1. The number of pyridine rings is 1. The number of aryl methyl sites for hydroxylation is 1. The van der Waals surface area contributed by atoms with Crippen LogP contribution >= 0.6 is 23.4 Å². The molecule has 1 aliphatic rings. The third kappa shape index (κ3) is 7.88. The summed E-state index contributed by atoms with van der Waals surface area (Å²) in [4.78, 5) is 16.7. The molecule has 0 aliphatic heterocycles. The normalized spacial score (nSPS) is 15.3. The van der Waals surface area contributed by atoms with Crippen LogP contribution in [-0.4, -0.2) is 21.6 Å². The second kappa shape index (κ2) is 12.5. The van der Waals surface area contributed by atoms with Crippen molar-refractivity contribution in [3.8, 4) is 0 Å². The minimum Gasteiger partial charge on any atom is -0.386 e. The van der Waals surface area contributed by atoms with Crippen molar-refractivity contribution in [1.29, 1.82) is 0 Å². The van der Waals surface area contributed by atoms with Gasteiger partial charge in [0.25, 0.3) is 0 Å². The molecule has 0 bridgehead atoms. The molecule has 0 saturated heterocycles. The highest BCUT2D eigenvalue weighted by atomic mass is 35.5. The number of benzene rings is 3. The fraction of sp³-hybridized carbons (Fsp3) is 0.333. The summed E-state index contributed by atoms with van der Waals surface area (Å²) in [7, 11) is 0. The van der Waals surface area contributed by atoms with E-state index in [1.807, 2.05) is 68.1 Å². The number of Topliss-reactive ketones (excluding diaryl/α,β-unsaturated/α-hetero) is 1. The molecule has 0 amide bonds. The quantitative estimate of drug-likeness (QED) is 0.180. The summed E-state index contributed by atoms with van der Waals surface area (Å²) in [5.74, 6) is 1.28. The zero-order valence-electron chi connectivity index (χ0n) is 24.1. The van der Waals surface area contributed by atoms with Crippen LogP contribution in [-0.2, 0) is 16.8 Å². The first-order chi connectivity index (χ1) is 19.6. The van der Waals surface area contributed by atoms with Crippen LogP contribution in [0.4, 0.5) is 0 Å². The van der Waals surface area contributed by atoms with Crippen LogP contribution in [0.1, 0.15) is 79.7 Å². The van der Waals surface area contributed by atoms with Gasteiger partial charge in [0, 0.05) is 22.1 Å². The van der Waals surface area contributed by atoms with E-state index in [-0.39, 0.29) is 16.4 Å². The van der Waals surface area contributed by atoms with E-state index in [1.54, 1.807) is 6.92 Å². The van der Waals surface area contributed by atoms with Crippen molar-refractivity contribution in [2.24, 2.45) is 5.41 Å². The van der Waals surface area contributed by atoms with Crippen LogP contribution in [0.2, 0.25) is 5.02 Å². The average Bonchev–Trinajstić information content (AvgIpc) is 3.70. The van der Waals surface area contributed by atoms with Gasteiger partial charge in [0.05, 0.1) is 16.8 Å². The van der Waals surface area contributed by atoms with Gasteiger partial charge in [-0.05, 0) is 104 Å². The molecule has 1 atom stereocenters. The van der Waals surface area contributed by atoms with E-state index in [0.29, 0.717) is 11.4 Å². The Bertz CT molecular complexity index is 1570. The largest absolute Gasteiger partial charge is 0.386 e. The van der Waals surface area contributed by atoms with Crippen LogP contribution in [0, 0.1) is 5.41 Å². The number of hydrogen-bond acceptors (Lipinski definition) is 4. The first-order valence-electron chi connectivity index (χ1n) is 14.4. The Morgan fingerprint density at radius 1 is 1.05 bits per heavy atom. The van der Waals surface area contributed by atoms with Gasteiger partial charge in [-0.15, -0.1) is 0 Å². The SMILES string of the molecule is CC(=O)CC1(CS[C@H](CCc2ccccc2C(C)(C)O)c2cccc(C=Cc3ccc4ccc(Cl)cc4n3)c2)CC1. The van der Waals surface area contributed by atoms with Gasteiger partial charge in [-0.1, -0.05) is 78.3 Å². The van der Waals surface area contributed by atoms with Crippen molar-refractivity contribution in [1.82, 2.24) is 4.98 Å². The number of fused-ring (bicyclic) bond motifs is 1. The molecule has 1 N–H and O–H groups in total. The van der Waals surface area contributed by atoms with Gasteiger partial charge in [0.15, 0.2) is 0 Å². The van der Waals surface area contributed by atoms with Gasteiger partial charge in [-0.2, -0.15) is 11.8 Å². The molecule has 212 valence electrons. The molecule has 3 nitrogen and oxygen atoms in total. The topological polar surface area (TPSA) is 50.2 Å². The summed E-state index contributed by atoms with van der Waals surface area (Å²) in [6, 6.07) is 26.8. The predicted molar refractivity (Wildman–Crippen MR) is 174 cm³/mol. The van der Waals surface area contributed by atoms with E-state index < -0.39 is 5.60 Å². The fourth-order valence-corrected chi connectivity index (χ4v) is 7.30. The third-order valence-corrected chi connectivity index (χ3v) is 9.85. The average molecular weight is 584 g/mol. The number of aliphatic hydroxyl groups is 1. The number of aromatic nitrogens is 1. The molecule has 1 fully saturated rings. The maximum Gasteiger partial charge on any atom is 0.130 e. The number of carbonyl (C=O) groups excluding carboxylic acids is 1. The number of hydrogen-bond donors (Lipinski definition) is 1. The molecule has 1 aromatic heterocycles. The zero-order valence-corrected chi connectivity index (χ0v) is 25.6. The van der Waals surface area contributed by atoms with Gasteiger partial charge >= 0.3 is 0 Å².